The summed E-state index contributed by atoms with van der Waals surface area (Å²) in [5.74, 6) is -0.194. The molecule has 2 N–H and O–H groups in total. The lowest BCUT2D eigenvalue weighted by atomic mass is 10.3. The van der Waals surface area contributed by atoms with E-state index in [9.17, 15) is 9.59 Å². The Morgan fingerprint density at radius 2 is 2.20 bits per heavy atom. The van der Waals surface area contributed by atoms with Crippen molar-refractivity contribution in [3.63, 3.8) is 0 Å². The van der Waals surface area contributed by atoms with E-state index in [1.807, 2.05) is 18.4 Å². The molecule has 1 aromatic rings. The third-order valence-electron chi connectivity index (χ3n) is 1.91. The summed E-state index contributed by atoms with van der Waals surface area (Å²) in [5, 5.41) is 6.99. The number of hydrogen-bond donors (Lipinski definition) is 2. The van der Waals surface area contributed by atoms with E-state index in [1.54, 1.807) is 7.05 Å². The van der Waals surface area contributed by atoms with Gasteiger partial charge in [-0.3, -0.25) is 9.59 Å². The van der Waals surface area contributed by atoms with Crippen LogP contribution in [-0.4, -0.2) is 25.4 Å². The Kier molecular flexibility index (Phi) is 4.30. The van der Waals surface area contributed by atoms with Crippen LogP contribution >= 0.6 is 11.3 Å². The van der Waals surface area contributed by atoms with Crippen LogP contribution in [-0.2, 0) is 4.79 Å². The molecule has 1 heterocycles. The molecule has 0 radical (unpaired) electrons. The van der Waals surface area contributed by atoms with Gasteiger partial charge in [0.2, 0.25) is 5.91 Å². The molecule has 0 unspecified atom stereocenters. The first-order valence-corrected chi connectivity index (χ1v) is 5.55. The zero-order valence-electron chi connectivity index (χ0n) is 8.79. The van der Waals surface area contributed by atoms with Crippen molar-refractivity contribution in [3.8, 4) is 0 Å². The average Bonchev–Trinajstić information content (AvgIpc) is 2.64. The fraction of sp³-hybridized carbons (Fsp3) is 0.400. The van der Waals surface area contributed by atoms with Crippen molar-refractivity contribution in [3.05, 3.63) is 21.9 Å². The van der Waals surface area contributed by atoms with Crippen LogP contribution in [0.15, 0.2) is 11.4 Å². The quantitative estimate of drug-likeness (QED) is 0.802. The van der Waals surface area contributed by atoms with Crippen molar-refractivity contribution >= 4 is 23.2 Å². The van der Waals surface area contributed by atoms with Crippen molar-refractivity contribution in [1.29, 1.82) is 0 Å². The molecule has 0 bridgehead atoms. The lowest BCUT2D eigenvalue weighted by Crippen LogP contribution is -2.28. The van der Waals surface area contributed by atoms with Crippen LogP contribution in [0.1, 0.15) is 21.7 Å². The Morgan fingerprint density at radius 1 is 1.47 bits per heavy atom. The summed E-state index contributed by atoms with van der Waals surface area (Å²) < 4.78 is 0. The highest BCUT2D eigenvalue weighted by molar-refractivity contribution is 7.10. The minimum absolute atomic E-state index is 0.0724. The second-order valence-electron chi connectivity index (χ2n) is 3.13. The van der Waals surface area contributed by atoms with Crippen molar-refractivity contribution < 1.29 is 9.59 Å². The molecule has 0 spiro atoms. The Labute approximate surface area is 92.7 Å². The van der Waals surface area contributed by atoms with Crippen LogP contribution in [0.5, 0.6) is 0 Å². The van der Waals surface area contributed by atoms with Crippen LogP contribution in [0.25, 0.3) is 0 Å². The Hall–Kier alpha value is -1.36. The highest BCUT2D eigenvalue weighted by Crippen LogP contribution is 2.12. The summed E-state index contributed by atoms with van der Waals surface area (Å²) >= 11 is 1.54. The molecule has 15 heavy (non-hydrogen) atoms. The Morgan fingerprint density at radius 3 is 2.73 bits per heavy atom. The van der Waals surface area contributed by atoms with Gasteiger partial charge in [0.25, 0.3) is 5.91 Å². The number of aryl methyl sites for hydroxylation is 1. The first-order valence-electron chi connectivity index (χ1n) is 4.67. The van der Waals surface area contributed by atoms with Crippen LogP contribution in [0.3, 0.4) is 0 Å². The number of carbonyl (C=O) groups excluding carboxylic acids is 2. The molecule has 0 aliphatic carbocycles. The largest absolute Gasteiger partial charge is 0.359 e. The fourth-order valence-electron chi connectivity index (χ4n) is 1.08. The number of nitrogens with one attached hydrogen (secondary N) is 2. The molecule has 0 saturated carbocycles. The third kappa shape index (κ3) is 3.71. The first-order chi connectivity index (χ1) is 7.13. The first kappa shape index (κ1) is 11.7. The van der Waals surface area contributed by atoms with Crippen LogP contribution < -0.4 is 10.6 Å². The van der Waals surface area contributed by atoms with Crippen LogP contribution in [0.4, 0.5) is 0 Å². The molecule has 0 fully saturated rings. The normalized spacial score (nSPS) is 9.73. The molecule has 0 aliphatic rings. The summed E-state index contributed by atoms with van der Waals surface area (Å²) in [6.07, 6.45) is 0.311. The van der Waals surface area contributed by atoms with Gasteiger partial charge in [-0.05, 0) is 13.0 Å². The molecule has 2 amide bonds. The van der Waals surface area contributed by atoms with E-state index in [1.165, 1.54) is 11.3 Å². The zero-order valence-corrected chi connectivity index (χ0v) is 9.61. The number of hydrogen-bond acceptors (Lipinski definition) is 3. The Bertz CT molecular complexity index is 360. The molecule has 1 rings (SSSR count). The van der Waals surface area contributed by atoms with Crippen molar-refractivity contribution in [2.45, 2.75) is 13.3 Å². The summed E-state index contributed by atoms with van der Waals surface area (Å²) in [4.78, 5) is 23.5. The van der Waals surface area contributed by atoms with E-state index in [2.05, 4.69) is 10.6 Å². The smallest absolute Gasteiger partial charge is 0.252 e. The third-order valence-corrected chi connectivity index (χ3v) is 2.77. The van der Waals surface area contributed by atoms with E-state index in [-0.39, 0.29) is 11.8 Å². The molecular formula is C10H14N2O2S. The maximum atomic E-state index is 11.5. The maximum Gasteiger partial charge on any atom is 0.252 e. The molecule has 1 aromatic heterocycles. The van der Waals surface area contributed by atoms with Gasteiger partial charge >= 0.3 is 0 Å². The molecule has 0 aliphatic heterocycles. The van der Waals surface area contributed by atoms with Crippen molar-refractivity contribution in [2.24, 2.45) is 0 Å². The molecule has 82 valence electrons. The highest BCUT2D eigenvalue weighted by Gasteiger charge is 2.07. The van der Waals surface area contributed by atoms with Gasteiger partial charge in [-0.15, -0.1) is 11.3 Å². The molecule has 0 aromatic carbocycles. The molecule has 4 nitrogen and oxygen atoms in total. The standard InChI is InChI=1S/C10H14N2O2S/c1-7-5-8(6-15-7)10(14)12-4-3-9(13)11-2/h5-6H,3-4H2,1-2H3,(H,11,13)(H,12,14). The number of thiophene rings is 1. The summed E-state index contributed by atoms with van der Waals surface area (Å²) in [5.41, 5.74) is 0.661. The lowest BCUT2D eigenvalue weighted by molar-refractivity contribution is -0.120. The summed E-state index contributed by atoms with van der Waals surface area (Å²) in [6.45, 7) is 2.32. The second kappa shape index (κ2) is 5.50. The molecular weight excluding hydrogens is 212 g/mol. The predicted molar refractivity (Wildman–Crippen MR) is 60.1 cm³/mol. The van der Waals surface area contributed by atoms with E-state index >= 15 is 0 Å². The van der Waals surface area contributed by atoms with Crippen molar-refractivity contribution in [1.82, 2.24) is 10.6 Å². The number of carbonyl (C=O) groups is 2. The molecule has 0 atom stereocenters. The van der Waals surface area contributed by atoms with E-state index < -0.39 is 0 Å². The second-order valence-corrected chi connectivity index (χ2v) is 4.24. The monoisotopic (exact) mass is 226 g/mol. The summed E-state index contributed by atoms with van der Waals surface area (Å²) in [7, 11) is 1.58. The van der Waals surface area contributed by atoms with Crippen molar-refractivity contribution in [2.75, 3.05) is 13.6 Å². The number of amides is 2. The zero-order chi connectivity index (χ0) is 11.3. The maximum absolute atomic E-state index is 11.5. The predicted octanol–water partition coefficient (Wildman–Crippen LogP) is 0.922. The van der Waals surface area contributed by atoms with E-state index in [0.29, 0.717) is 18.5 Å². The van der Waals surface area contributed by atoms with Gasteiger partial charge in [0, 0.05) is 30.3 Å². The van der Waals surface area contributed by atoms with Gasteiger partial charge in [-0.2, -0.15) is 0 Å². The van der Waals surface area contributed by atoms with Gasteiger partial charge in [0.1, 0.15) is 0 Å². The summed E-state index contributed by atoms with van der Waals surface area (Å²) in [6, 6.07) is 1.83. The lowest BCUT2D eigenvalue weighted by Gasteiger charge is -2.02. The van der Waals surface area contributed by atoms with Crippen LogP contribution in [0, 0.1) is 6.92 Å². The highest BCUT2D eigenvalue weighted by atomic mass is 32.1. The fourth-order valence-corrected chi connectivity index (χ4v) is 1.76. The molecule has 0 saturated heterocycles. The number of rotatable bonds is 4. The van der Waals surface area contributed by atoms with Gasteiger partial charge in [0.05, 0.1) is 5.56 Å². The topological polar surface area (TPSA) is 58.2 Å². The minimum atomic E-state index is -0.122. The SMILES string of the molecule is CNC(=O)CCNC(=O)c1csc(C)c1. The minimum Gasteiger partial charge on any atom is -0.359 e. The van der Waals surface area contributed by atoms with Gasteiger partial charge in [-0.25, -0.2) is 0 Å². The average molecular weight is 226 g/mol. The van der Waals surface area contributed by atoms with E-state index in [0.717, 1.165) is 4.88 Å². The van der Waals surface area contributed by atoms with Gasteiger partial charge < -0.3 is 10.6 Å². The molecule has 5 heteroatoms. The Balaban J connectivity index is 2.34. The van der Waals surface area contributed by atoms with Crippen LogP contribution in [0.2, 0.25) is 0 Å². The van der Waals surface area contributed by atoms with Gasteiger partial charge in [0.15, 0.2) is 0 Å². The van der Waals surface area contributed by atoms with E-state index in [4.69, 9.17) is 0 Å². The van der Waals surface area contributed by atoms with Gasteiger partial charge in [-0.1, -0.05) is 0 Å².